The van der Waals surface area contributed by atoms with Gasteiger partial charge in [0.15, 0.2) is 0 Å². The van der Waals surface area contributed by atoms with E-state index in [4.69, 9.17) is 0 Å². The smallest absolute Gasteiger partial charge is 0.278 e. The molecule has 0 N–H and O–H groups in total. The van der Waals surface area contributed by atoms with Gasteiger partial charge in [-0.05, 0) is 34.0 Å². The van der Waals surface area contributed by atoms with Crippen LogP contribution in [0.5, 0.6) is 0 Å². The fraction of sp³-hybridized carbons (Fsp3) is 0.154. The van der Waals surface area contributed by atoms with E-state index in [1.807, 2.05) is 18.2 Å². The summed E-state index contributed by atoms with van der Waals surface area (Å²) >= 11 is 3.21. The second-order valence-corrected chi connectivity index (χ2v) is 4.87. The topological polar surface area (TPSA) is 46.1 Å². The quantitative estimate of drug-likeness (QED) is 0.813. The average molecular weight is 304 g/mol. The van der Waals surface area contributed by atoms with Crippen molar-refractivity contribution in [3.8, 4) is 0 Å². The Labute approximate surface area is 113 Å². The molecule has 5 heteroatoms. The van der Waals surface area contributed by atoms with E-state index in [2.05, 4.69) is 32.0 Å². The molecule has 90 valence electrons. The lowest BCUT2D eigenvalue weighted by atomic mass is 10.2. The lowest BCUT2D eigenvalue weighted by Gasteiger charge is -2.16. The third-order valence-electron chi connectivity index (χ3n) is 2.97. The molecule has 1 aromatic heterocycles. The highest BCUT2D eigenvalue weighted by Gasteiger charge is 2.25. The van der Waals surface area contributed by atoms with Crippen molar-refractivity contribution in [1.29, 1.82) is 0 Å². The SMILES string of the molecule is O=C(c1cnc(Br)cn1)N1CCc2ccccc21. The molecule has 0 saturated carbocycles. The first kappa shape index (κ1) is 11.3. The molecule has 1 aromatic carbocycles. The van der Waals surface area contributed by atoms with Gasteiger partial charge in [0.05, 0.1) is 12.4 Å². The number of para-hydroxylation sites is 1. The van der Waals surface area contributed by atoms with Crippen LogP contribution < -0.4 is 4.90 Å². The predicted octanol–water partition coefficient (Wildman–Crippen LogP) is 2.44. The van der Waals surface area contributed by atoms with Crippen LogP contribution in [-0.2, 0) is 6.42 Å². The van der Waals surface area contributed by atoms with Gasteiger partial charge in [0.2, 0.25) is 0 Å². The van der Waals surface area contributed by atoms with Crippen molar-refractivity contribution in [2.75, 3.05) is 11.4 Å². The Balaban J connectivity index is 1.93. The number of nitrogens with zero attached hydrogens (tertiary/aromatic N) is 3. The van der Waals surface area contributed by atoms with Crippen LogP contribution in [0.2, 0.25) is 0 Å². The molecular weight excluding hydrogens is 294 g/mol. The van der Waals surface area contributed by atoms with Crippen molar-refractivity contribution < 1.29 is 4.79 Å². The number of carbonyl (C=O) groups excluding carboxylic acids is 1. The van der Waals surface area contributed by atoms with E-state index in [0.29, 0.717) is 16.8 Å². The van der Waals surface area contributed by atoms with Crippen LogP contribution in [-0.4, -0.2) is 22.4 Å². The number of anilines is 1. The molecule has 1 amide bonds. The van der Waals surface area contributed by atoms with E-state index < -0.39 is 0 Å². The minimum absolute atomic E-state index is 0.0973. The van der Waals surface area contributed by atoms with Gasteiger partial charge in [-0.25, -0.2) is 9.97 Å². The van der Waals surface area contributed by atoms with Gasteiger partial charge in [0.1, 0.15) is 10.3 Å². The number of benzene rings is 1. The molecule has 1 aliphatic heterocycles. The zero-order chi connectivity index (χ0) is 12.5. The Kier molecular flexibility index (Phi) is 2.83. The first-order chi connectivity index (χ1) is 8.75. The van der Waals surface area contributed by atoms with Crippen molar-refractivity contribution in [3.05, 3.63) is 52.5 Å². The molecule has 0 spiro atoms. The number of aromatic nitrogens is 2. The molecular formula is C13H10BrN3O. The van der Waals surface area contributed by atoms with Crippen molar-refractivity contribution in [2.45, 2.75) is 6.42 Å². The number of halogens is 1. The maximum Gasteiger partial charge on any atom is 0.278 e. The zero-order valence-corrected chi connectivity index (χ0v) is 11.1. The number of hydrogen-bond donors (Lipinski definition) is 0. The first-order valence-electron chi connectivity index (χ1n) is 5.63. The Morgan fingerprint density at radius 2 is 2.06 bits per heavy atom. The minimum atomic E-state index is -0.0973. The number of amides is 1. The standard InChI is InChI=1S/C13H10BrN3O/c14-12-8-15-10(7-16-12)13(18)17-6-5-9-3-1-2-4-11(9)17/h1-4,7-8H,5-6H2. The van der Waals surface area contributed by atoms with Crippen LogP contribution in [0, 0.1) is 0 Å². The number of hydrogen-bond acceptors (Lipinski definition) is 3. The molecule has 3 rings (SSSR count). The second-order valence-electron chi connectivity index (χ2n) is 4.06. The van der Waals surface area contributed by atoms with Gasteiger partial charge in [0, 0.05) is 12.2 Å². The highest BCUT2D eigenvalue weighted by Crippen LogP contribution is 2.28. The van der Waals surface area contributed by atoms with Crippen molar-refractivity contribution in [3.63, 3.8) is 0 Å². The summed E-state index contributed by atoms with van der Waals surface area (Å²) in [5, 5.41) is 0. The summed E-state index contributed by atoms with van der Waals surface area (Å²) in [6, 6.07) is 7.95. The third kappa shape index (κ3) is 1.90. The summed E-state index contributed by atoms with van der Waals surface area (Å²) in [7, 11) is 0. The van der Waals surface area contributed by atoms with Gasteiger partial charge in [0.25, 0.3) is 5.91 Å². The summed E-state index contributed by atoms with van der Waals surface area (Å²) in [5.41, 5.74) is 2.55. The fourth-order valence-electron chi connectivity index (χ4n) is 2.11. The Bertz CT molecular complexity index is 597. The lowest BCUT2D eigenvalue weighted by Crippen LogP contribution is -2.29. The van der Waals surface area contributed by atoms with E-state index in [9.17, 15) is 4.79 Å². The van der Waals surface area contributed by atoms with E-state index in [-0.39, 0.29) is 5.91 Å². The lowest BCUT2D eigenvalue weighted by molar-refractivity contribution is 0.0984. The summed E-state index contributed by atoms with van der Waals surface area (Å²) in [5.74, 6) is -0.0973. The highest BCUT2D eigenvalue weighted by molar-refractivity contribution is 9.10. The van der Waals surface area contributed by atoms with Crippen LogP contribution in [0.4, 0.5) is 5.69 Å². The minimum Gasteiger partial charge on any atom is -0.306 e. The van der Waals surface area contributed by atoms with Crippen LogP contribution >= 0.6 is 15.9 Å². The molecule has 0 bridgehead atoms. The molecule has 2 aromatic rings. The molecule has 4 nitrogen and oxygen atoms in total. The van der Waals surface area contributed by atoms with E-state index in [1.165, 1.54) is 18.0 Å². The fourth-order valence-corrected chi connectivity index (χ4v) is 2.31. The largest absolute Gasteiger partial charge is 0.306 e. The first-order valence-corrected chi connectivity index (χ1v) is 6.42. The van der Waals surface area contributed by atoms with Gasteiger partial charge in [-0.2, -0.15) is 0 Å². The predicted molar refractivity (Wildman–Crippen MR) is 71.6 cm³/mol. The van der Waals surface area contributed by atoms with Gasteiger partial charge in [-0.3, -0.25) is 4.79 Å². The van der Waals surface area contributed by atoms with Crippen molar-refractivity contribution in [1.82, 2.24) is 9.97 Å². The molecule has 0 aliphatic carbocycles. The van der Waals surface area contributed by atoms with E-state index in [0.717, 1.165) is 12.1 Å². The number of carbonyl (C=O) groups is 1. The van der Waals surface area contributed by atoms with Crippen molar-refractivity contribution in [2.24, 2.45) is 0 Å². The normalized spacial score (nSPS) is 13.5. The summed E-state index contributed by atoms with van der Waals surface area (Å²) < 4.78 is 0.626. The Hall–Kier alpha value is -1.75. The Morgan fingerprint density at radius 1 is 1.22 bits per heavy atom. The van der Waals surface area contributed by atoms with Gasteiger partial charge in [-0.1, -0.05) is 18.2 Å². The van der Waals surface area contributed by atoms with Crippen LogP contribution in [0.1, 0.15) is 16.1 Å². The molecule has 2 heterocycles. The van der Waals surface area contributed by atoms with Gasteiger partial charge < -0.3 is 4.90 Å². The summed E-state index contributed by atoms with van der Waals surface area (Å²) in [6.07, 6.45) is 3.93. The molecule has 0 unspecified atom stereocenters. The van der Waals surface area contributed by atoms with Crippen LogP contribution in [0.3, 0.4) is 0 Å². The van der Waals surface area contributed by atoms with Gasteiger partial charge in [-0.15, -0.1) is 0 Å². The molecule has 0 radical (unpaired) electrons. The summed E-state index contributed by atoms with van der Waals surface area (Å²) in [4.78, 5) is 22.2. The van der Waals surface area contributed by atoms with Crippen molar-refractivity contribution >= 4 is 27.5 Å². The van der Waals surface area contributed by atoms with Crippen LogP contribution in [0.25, 0.3) is 0 Å². The highest BCUT2D eigenvalue weighted by atomic mass is 79.9. The zero-order valence-electron chi connectivity index (χ0n) is 9.51. The monoisotopic (exact) mass is 303 g/mol. The Morgan fingerprint density at radius 3 is 2.83 bits per heavy atom. The maximum atomic E-state index is 12.3. The maximum absolute atomic E-state index is 12.3. The average Bonchev–Trinajstić information content (AvgIpc) is 2.82. The number of fused-ring (bicyclic) bond motifs is 1. The molecule has 0 atom stereocenters. The second kappa shape index (κ2) is 4.49. The van der Waals surface area contributed by atoms with E-state index in [1.54, 1.807) is 4.90 Å². The number of rotatable bonds is 1. The molecule has 18 heavy (non-hydrogen) atoms. The molecule has 0 saturated heterocycles. The third-order valence-corrected chi connectivity index (χ3v) is 3.38. The van der Waals surface area contributed by atoms with Gasteiger partial charge >= 0.3 is 0 Å². The van der Waals surface area contributed by atoms with E-state index >= 15 is 0 Å². The molecule has 1 aliphatic rings. The molecule has 0 fully saturated rings. The van der Waals surface area contributed by atoms with Crippen LogP contribution in [0.15, 0.2) is 41.3 Å². The summed E-state index contributed by atoms with van der Waals surface area (Å²) in [6.45, 7) is 0.704.